The first-order valence-electron chi connectivity index (χ1n) is 6.03. The summed E-state index contributed by atoms with van der Waals surface area (Å²) in [6, 6.07) is 6.29. The zero-order chi connectivity index (χ0) is 12.1. The summed E-state index contributed by atoms with van der Waals surface area (Å²) in [7, 11) is 0. The van der Waals surface area contributed by atoms with E-state index in [0.717, 1.165) is 18.7 Å². The molecule has 0 aromatic heterocycles. The van der Waals surface area contributed by atoms with Gasteiger partial charge in [0.05, 0.1) is 6.61 Å². The Balaban J connectivity index is 2.99. The molecular weight excluding hydrogens is 198 g/mol. The third kappa shape index (κ3) is 3.24. The van der Waals surface area contributed by atoms with Crippen molar-refractivity contribution in [2.24, 2.45) is 5.92 Å². The quantitative estimate of drug-likeness (QED) is 0.826. The highest BCUT2D eigenvalue weighted by Gasteiger charge is 2.10. The maximum atomic E-state index is 9.39. The van der Waals surface area contributed by atoms with Crippen LogP contribution in [0, 0.1) is 12.8 Å². The van der Waals surface area contributed by atoms with Crippen molar-refractivity contribution in [1.82, 2.24) is 0 Å². The molecule has 0 amide bonds. The van der Waals surface area contributed by atoms with Gasteiger partial charge in [-0.3, -0.25) is 0 Å². The van der Waals surface area contributed by atoms with E-state index in [4.69, 9.17) is 0 Å². The molecule has 0 spiro atoms. The fourth-order valence-corrected chi connectivity index (χ4v) is 1.99. The highest BCUT2D eigenvalue weighted by Crippen LogP contribution is 2.22. The molecule has 2 nitrogen and oxygen atoms in total. The molecule has 1 N–H and O–H groups in total. The van der Waals surface area contributed by atoms with Gasteiger partial charge in [-0.05, 0) is 25.8 Å². The molecule has 16 heavy (non-hydrogen) atoms. The number of aliphatic hydroxyl groups excluding tert-OH is 1. The van der Waals surface area contributed by atoms with E-state index >= 15 is 0 Å². The Morgan fingerprint density at radius 1 is 1.31 bits per heavy atom. The first-order chi connectivity index (χ1) is 7.58. The van der Waals surface area contributed by atoms with Crippen LogP contribution in [0.15, 0.2) is 18.2 Å². The normalized spacial score (nSPS) is 10.9. The van der Waals surface area contributed by atoms with Gasteiger partial charge in [-0.15, -0.1) is 0 Å². The summed E-state index contributed by atoms with van der Waals surface area (Å²) in [5.74, 6) is 0.632. The molecule has 0 aliphatic rings. The van der Waals surface area contributed by atoms with Crippen LogP contribution >= 0.6 is 0 Å². The molecule has 0 atom stereocenters. The van der Waals surface area contributed by atoms with Crippen molar-refractivity contribution in [1.29, 1.82) is 0 Å². The number of anilines is 1. The summed E-state index contributed by atoms with van der Waals surface area (Å²) in [5.41, 5.74) is 3.40. The monoisotopic (exact) mass is 221 g/mol. The van der Waals surface area contributed by atoms with Crippen molar-refractivity contribution in [3.63, 3.8) is 0 Å². The highest BCUT2D eigenvalue weighted by molar-refractivity contribution is 5.54. The van der Waals surface area contributed by atoms with Crippen LogP contribution in [-0.4, -0.2) is 18.2 Å². The fraction of sp³-hybridized carbons (Fsp3) is 0.571. The van der Waals surface area contributed by atoms with Gasteiger partial charge < -0.3 is 10.0 Å². The molecular formula is C14H23NO. The average molecular weight is 221 g/mol. The van der Waals surface area contributed by atoms with Crippen LogP contribution in [-0.2, 0) is 6.61 Å². The lowest BCUT2D eigenvalue weighted by Crippen LogP contribution is -2.28. The summed E-state index contributed by atoms with van der Waals surface area (Å²) < 4.78 is 0. The van der Waals surface area contributed by atoms with Gasteiger partial charge in [0.2, 0.25) is 0 Å². The SMILES string of the molecule is CCN(CC(C)C)c1ccc(C)cc1CO. The van der Waals surface area contributed by atoms with E-state index in [9.17, 15) is 5.11 Å². The minimum atomic E-state index is 0.117. The lowest BCUT2D eigenvalue weighted by Gasteiger charge is -2.27. The number of aliphatic hydroxyl groups is 1. The molecule has 1 aromatic rings. The van der Waals surface area contributed by atoms with Crippen molar-refractivity contribution >= 4 is 5.69 Å². The average Bonchev–Trinajstić information content (AvgIpc) is 2.25. The smallest absolute Gasteiger partial charge is 0.0702 e. The van der Waals surface area contributed by atoms with Gasteiger partial charge in [0.25, 0.3) is 0 Å². The Kier molecular flexibility index (Phi) is 4.81. The van der Waals surface area contributed by atoms with Crippen molar-refractivity contribution in [2.45, 2.75) is 34.3 Å². The zero-order valence-corrected chi connectivity index (χ0v) is 10.8. The zero-order valence-electron chi connectivity index (χ0n) is 10.8. The Morgan fingerprint density at radius 2 is 2.00 bits per heavy atom. The predicted octanol–water partition coefficient (Wildman–Crippen LogP) is 2.97. The molecule has 0 aliphatic heterocycles. The van der Waals surface area contributed by atoms with Crippen molar-refractivity contribution in [3.05, 3.63) is 29.3 Å². The predicted molar refractivity (Wildman–Crippen MR) is 69.8 cm³/mol. The molecule has 0 aliphatic carbocycles. The van der Waals surface area contributed by atoms with Gasteiger partial charge >= 0.3 is 0 Å². The van der Waals surface area contributed by atoms with Crippen LogP contribution in [0.2, 0.25) is 0 Å². The largest absolute Gasteiger partial charge is 0.392 e. The maximum Gasteiger partial charge on any atom is 0.0702 e. The van der Waals surface area contributed by atoms with Gasteiger partial charge in [0.15, 0.2) is 0 Å². The number of rotatable bonds is 5. The van der Waals surface area contributed by atoms with E-state index in [2.05, 4.69) is 50.8 Å². The van der Waals surface area contributed by atoms with E-state index in [0.29, 0.717) is 5.92 Å². The summed E-state index contributed by atoms with van der Waals surface area (Å²) >= 11 is 0. The second kappa shape index (κ2) is 5.90. The molecule has 0 fully saturated rings. The van der Waals surface area contributed by atoms with Crippen LogP contribution in [0.4, 0.5) is 5.69 Å². The van der Waals surface area contributed by atoms with Crippen LogP contribution in [0.5, 0.6) is 0 Å². The molecule has 90 valence electrons. The Labute approximate surface area is 98.9 Å². The lowest BCUT2D eigenvalue weighted by molar-refractivity contribution is 0.282. The van der Waals surface area contributed by atoms with Crippen molar-refractivity contribution < 1.29 is 5.11 Å². The number of benzene rings is 1. The maximum absolute atomic E-state index is 9.39. The standard InChI is InChI=1S/C14H23NO/c1-5-15(9-11(2)3)14-7-6-12(4)8-13(14)10-16/h6-8,11,16H,5,9-10H2,1-4H3. The third-order valence-electron chi connectivity index (χ3n) is 2.71. The number of aryl methyl sites for hydroxylation is 1. The molecule has 0 saturated heterocycles. The van der Waals surface area contributed by atoms with E-state index in [1.807, 2.05) is 0 Å². The molecule has 2 heteroatoms. The summed E-state index contributed by atoms with van der Waals surface area (Å²) in [5, 5.41) is 9.39. The van der Waals surface area contributed by atoms with E-state index in [1.54, 1.807) is 0 Å². The molecule has 0 saturated carbocycles. The molecule has 1 rings (SSSR count). The minimum absolute atomic E-state index is 0.117. The number of hydrogen-bond acceptors (Lipinski definition) is 2. The second-order valence-electron chi connectivity index (χ2n) is 4.72. The Hall–Kier alpha value is -1.02. The van der Waals surface area contributed by atoms with Gasteiger partial charge in [-0.25, -0.2) is 0 Å². The van der Waals surface area contributed by atoms with E-state index < -0.39 is 0 Å². The third-order valence-corrected chi connectivity index (χ3v) is 2.71. The van der Waals surface area contributed by atoms with Gasteiger partial charge in [-0.1, -0.05) is 31.5 Å². The number of hydrogen-bond donors (Lipinski definition) is 1. The van der Waals surface area contributed by atoms with Crippen molar-refractivity contribution in [3.8, 4) is 0 Å². The summed E-state index contributed by atoms with van der Waals surface area (Å²) in [6.07, 6.45) is 0. The fourth-order valence-electron chi connectivity index (χ4n) is 1.99. The Morgan fingerprint density at radius 3 is 2.50 bits per heavy atom. The van der Waals surface area contributed by atoms with E-state index in [1.165, 1.54) is 11.3 Å². The van der Waals surface area contributed by atoms with Crippen LogP contribution in [0.25, 0.3) is 0 Å². The summed E-state index contributed by atoms with van der Waals surface area (Å²) in [6.45, 7) is 10.8. The second-order valence-corrected chi connectivity index (χ2v) is 4.72. The van der Waals surface area contributed by atoms with Crippen LogP contribution < -0.4 is 4.90 Å². The van der Waals surface area contributed by atoms with Gasteiger partial charge in [-0.2, -0.15) is 0 Å². The van der Waals surface area contributed by atoms with E-state index in [-0.39, 0.29) is 6.61 Å². The first kappa shape index (κ1) is 13.0. The number of nitrogens with zero attached hydrogens (tertiary/aromatic N) is 1. The molecule has 0 heterocycles. The molecule has 0 radical (unpaired) electrons. The summed E-state index contributed by atoms with van der Waals surface area (Å²) in [4.78, 5) is 2.33. The van der Waals surface area contributed by atoms with Crippen LogP contribution in [0.3, 0.4) is 0 Å². The molecule has 0 bridgehead atoms. The highest BCUT2D eigenvalue weighted by atomic mass is 16.3. The Bertz CT molecular complexity index is 334. The minimum Gasteiger partial charge on any atom is -0.392 e. The molecule has 0 unspecified atom stereocenters. The van der Waals surface area contributed by atoms with Gasteiger partial charge in [0.1, 0.15) is 0 Å². The van der Waals surface area contributed by atoms with Crippen molar-refractivity contribution in [2.75, 3.05) is 18.0 Å². The lowest BCUT2D eigenvalue weighted by atomic mass is 10.1. The molecule has 1 aromatic carbocycles. The topological polar surface area (TPSA) is 23.5 Å². The van der Waals surface area contributed by atoms with Gasteiger partial charge in [0, 0.05) is 24.3 Å². The van der Waals surface area contributed by atoms with Crippen LogP contribution in [0.1, 0.15) is 31.9 Å². The first-order valence-corrected chi connectivity index (χ1v) is 6.03.